The fourth-order valence-electron chi connectivity index (χ4n) is 2.01. The van der Waals surface area contributed by atoms with Crippen LogP contribution in [0, 0.1) is 6.92 Å². The van der Waals surface area contributed by atoms with Gasteiger partial charge in [-0.3, -0.25) is 0 Å². The summed E-state index contributed by atoms with van der Waals surface area (Å²) in [6, 6.07) is 8.71. The third-order valence-electron chi connectivity index (χ3n) is 2.90. The Hall–Kier alpha value is -0.860. The summed E-state index contributed by atoms with van der Waals surface area (Å²) in [4.78, 5) is 2.36. The van der Waals surface area contributed by atoms with Gasteiger partial charge in [-0.2, -0.15) is 0 Å². The Kier molecular flexibility index (Phi) is 5.16. The van der Waals surface area contributed by atoms with Crippen LogP contribution in [0.2, 0.25) is 0 Å². The molecule has 0 fully saturated rings. The lowest BCUT2D eigenvalue weighted by molar-refractivity contribution is 0.303. The van der Waals surface area contributed by atoms with Gasteiger partial charge in [0.2, 0.25) is 0 Å². The van der Waals surface area contributed by atoms with Crippen molar-refractivity contribution >= 4 is 0 Å². The number of rotatable bonds is 6. The van der Waals surface area contributed by atoms with Crippen LogP contribution in [0.5, 0.6) is 0 Å². The van der Waals surface area contributed by atoms with E-state index in [1.807, 2.05) is 0 Å². The molecule has 0 amide bonds. The van der Waals surface area contributed by atoms with Crippen molar-refractivity contribution in [3.05, 3.63) is 35.4 Å². The molecule has 0 heterocycles. The van der Waals surface area contributed by atoms with Crippen LogP contribution in [0.25, 0.3) is 0 Å². The van der Waals surface area contributed by atoms with Crippen LogP contribution in [0.15, 0.2) is 24.3 Å². The fraction of sp³-hybridized carbons (Fsp3) is 0.600. The molecule has 1 aromatic carbocycles. The Bertz CT molecular complexity index is 339. The first-order chi connectivity index (χ1) is 7.87. The number of aryl methyl sites for hydroxylation is 1. The molecule has 0 atom stereocenters. The van der Waals surface area contributed by atoms with Crippen molar-refractivity contribution in [1.82, 2.24) is 4.90 Å². The van der Waals surface area contributed by atoms with Crippen molar-refractivity contribution < 1.29 is 0 Å². The lowest BCUT2D eigenvalue weighted by Crippen LogP contribution is -2.33. The highest BCUT2D eigenvalue weighted by atomic mass is 15.1. The van der Waals surface area contributed by atoms with E-state index in [0.29, 0.717) is 0 Å². The zero-order valence-electron chi connectivity index (χ0n) is 11.7. The van der Waals surface area contributed by atoms with Crippen molar-refractivity contribution in [3.8, 4) is 0 Å². The number of nitrogens with two attached hydrogens (primary N) is 1. The van der Waals surface area contributed by atoms with E-state index in [1.165, 1.54) is 11.1 Å². The van der Waals surface area contributed by atoms with Crippen LogP contribution in [0.4, 0.5) is 0 Å². The van der Waals surface area contributed by atoms with E-state index < -0.39 is 0 Å². The molecular weight excluding hydrogens is 208 g/mol. The zero-order valence-corrected chi connectivity index (χ0v) is 11.7. The van der Waals surface area contributed by atoms with Gasteiger partial charge in [-0.1, -0.05) is 29.8 Å². The first-order valence-electron chi connectivity index (χ1n) is 6.40. The molecule has 17 heavy (non-hydrogen) atoms. The van der Waals surface area contributed by atoms with Crippen molar-refractivity contribution in [2.24, 2.45) is 5.73 Å². The van der Waals surface area contributed by atoms with Gasteiger partial charge in [0.1, 0.15) is 0 Å². The predicted molar refractivity (Wildman–Crippen MR) is 75.0 cm³/mol. The van der Waals surface area contributed by atoms with Crippen molar-refractivity contribution in [2.75, 3.05) is 13.6 Å². The smallest absolute Gasteiger partial charge is 0.0230 e. The van der Waals surface area contributed by atoms with Crippen LogP contribution in [-0.4, -0.2) is 24.0 Å². The van der Waals surface area contributed by atoms with Crippen molar-refractivity contribution in [2.45, 2.75) is 45.7 Å². The zero-order chi connectivity index (χ0) is 12.9. The number of nitrogens with zero attached hydrogens (tertiary/aromatic N) is 1. The predicted octanol–water partition coefficient (Wildman–Crippen LogP) is 2.94. The van der Waals surface area contributed by atoms with Gasteiger partial charge in [-0.15, -0.1) is 0 Å². The Morgan fingerprint density at radius 3 is 2.59 bits per heavy atom. The van der Waals surface area contributed by atoms with Crippen LogP contribution in [-0.2, 0) is 6.54 Å². The SMILES string of the molecule is Cc1cccc(CN(C)CCCC(C)(C)N)c1. The molecule has 0 radical (unpaired) electrons. The monoisotopic (exact) mass is 234 g/mol. The second kappa shape index (κ2) is 6.18. The summed E-state index contributed by atoms with van der Waals surface area (Å²) < 4.78 is 0. The minimum atomic E-state index is -0.0375. The fourth-order valence-corrected chi connectivity index (χ4v) is 2.01. The van der Waals surface area contributed by atoms with E-state index >= 15 is 0 Å². The maximum atomic E-state index is 5.98. The van der Waals surface area contributed by atoms with Crippen LogP contribution < -0.4 is 5.73 Å². The first kappa shape index (κ1) is 14.2. The van der Waals surface area contributed by atoms with E-state index in [0.717, 1.165) is 25.9 Å². The molecule has 0 saturated heterocycles. The van der Waals surface area contributed by atoms with Gasteiger partial charge in [0, 0.05) is 12.1 Å². The lowest BCUT2D eigenvalue weighted by Gasteiger charge is -2.21. The molecule has 0 unspecified atom stereocenters. The number of hydrogen-bond donors (Lipinski definition) is 1. The Balaban J connectivity index is 2.32. The quantitative estimate of drug-likeness (QED) is 0.820. The summed E-state index contributed by atoms with van der Waals surface area (Å²) >= 11 is 0. The molecule has 0 aromatic heterocycles. The summed E-state index contributed by atoms with van der Waals surface area (Å²) in [6.07, 6.45) is 2.23. The summed E-state index contributed by atoms with van der Waals surface area (Å²) in [5, 5.41) is 0. The maximum Gasteiger partial charge on any atom is 0.0230 e. The highest BCUT2D eigenvalue weighted by Crippen LogP contribution is 2.10. The molecule has 0 aliphatic carbocycles. The summed E-state index contributed by atoms with van der Waals surface area (Å²) in [5.74, 6) is 0. The second-order valence-corrected chi connectivity index (χ2v) is 5.82. The van der Waals surface area contributed by atoms with Crippen LogP contribution in [0.1, 0.15) is 37.8 Å². The van der Waals surface area contributed by atoms with E-state index in [1.54, 1.807) is 0 Å². The van der Waals surface area contributed by atoms with E-state index in [-0.39, 0.29) is 5.54 Å². The van der Waals surface area contributed by atoms with Gasteiger partial charge >= 0.3 is 0 Å². The first-order valence-corrected chi connectivity index (χ1v) is 6.40. The van der Waals surface area contributed by atoms with E-state index in [9.17, 15) is 0 Å². The van der Waals surface area contributed by atoms with Gasteiger partial charge in [0.25, 0.3) is 0 Å². The minimum Gasteiger partial charge on any atom is -0.326 e. The van der Waals surface area contributed by atoms with Gasteiger partial charge < -0.3 is 10.6 Å². The normalized spacial score (nSPS) is 12.1. The molecule has 2 nitrogen and oxygen atoms in total. The van der Waals surface area contributed by atoms with E-state index in [2.05, 4.69) is 57.0 Å². The topological polar surface area (TPSA) is 29.3 Å². The lowest BCUT2D eigenvalue weighted by atomic mass is 10.00. The standard InChI is InChI=1S/C15H26N2/c1-13-7-5-8-14(11-13)12-17(4)10-6-9-15(2,3)16/h5,7-8,11H,6,9-10,12,16H2,1-4H3. The van der Waals surface area contributed by atoms with Gasteiger partial charge in [0.05, 0.1) is 0 Å². The van der Waals surface area contributed by atoms with Gasteiger partial charge in [0.15, 0.2) is 0 Å². The Labute approximate surface area is 106 Å². The molecule has 1 rings (SSSR count). The summed E-state index contributed by atoms with van der Waals surface area (Å²) in [6.45, 7) is 8.45. The second-order valence-electron chi connectivity index (χ2n) is 5.82. The molecule has 0 spiro atoms. The minimum absolute atomic E-state index is 0.0375. The molecular formula is C15H26N2. The van der Waals surface area contributed by atoms with Crippen molar-refractivity contribution in [3.63, 3.8) is 0 Å². The third kappa shape index (κ3) is 6.44. The average Bonchev–Trinajstić information content (AvgIpc) is 2.15. The molecule has 2 N–H and O–H groups in total. The van der Waals surface area contributed by atoms with Crippen LogP contribution >= 0.6 is 0 Å². The Morgan fingerprint density at radius 2 is 2.00 bits per heavy atom. The molecule has 2 heteroatoms. The molecule has 0 bridgehead atoms. The largest absolute Gasteiger partial charge is 0.326 e. The highest BCUT2D eigenvalue weighted by molar-refractivity contribution is 5.21. The van der Waals surface area contributed by atoms with Gasteiger partial charge in [-0.05, 0) is 52.8 Å². The van der Waals surface area contributed by atoms with Crippen molar-refractivity contribution in [1.29, 1.82) is 0 Å². The number of hydrogen-bond acceptors (Lipinski definition) is 2. The van der Waals surface area contributed by atoms with E-state index in [4.69, 9.17) is 5.73 Å². The molecule has 0 aliphatic rings. The molecule has 96 valence electrons. The molecule has 1 aromatic rings. The third-order valence-corrected chi connectivity index (χ3v) is 2.90. The average molecular weight is 234 g/mol. The maximum absolute atomic E-state index is 5.98. The van der Waals surface area contributed by atoms with Crippen LogP contribution in [0.3, 0.4) is 0 Å². The molecule has 0 saturated carbocycles. The number of benzene rings is 1. The van der Waals surface area contributed by atoms with Gasteiger partial charge in [-0.25, -0.2) is 0 Å². The molecule has 0 aliphatic heterocycles. The Morgan fingerprint density at radius 1 is 1.29 bits per heavy atom. The summed E-state index contributed by atoms with van der Waals surface area (Å²) in [7, 11) is 2.17. The summed E-state index contributed by atoms with van der Waals surface area (Å²) in [5.41, 5.74) is 8.66. The highest BCUT2D eigenvalue weighted by Gasteiger charge is 2.10.